The summed E-state index contributed by atoms with van der Waals surface area (Å²) in [6.07, 6.45) is 1.09. The normalized spacial score (nSPS) is 10.8. The van der Waals surface area contributed by atoms with Crippen LogP contribution in [-0.2, 0) is 19.1 Å². The van der Waals surface area contributed by atoms with E-state index >= 15 is 0 Å². The van der Waals surface area contributed by atoms with Gasteiger partial charge in [0.2, 0.25) is 0 Å². The number of halogens is 1. The first-order valence-electron chi connectivity index (χ1n) is 5.37. The summed E-state index contributed by atoms with van der Waals surface area (Å²) in [7, 11) is 4.16. The molecule has 0 spiro atoms. The largest absolute Gasteiger partial charge is 0.466 e. The van der Waals surface area contributed by atoms with Gasteiger partial charge in [-0.25, -0.2) is 9.59 Å². The molecule has 0 radical (unpaired) electrons. The molecule has 19 heavy (non-hydrogen) atoms. The number of anilines is 1. The van der Waals surface area contributed by atoms with Gasteiger partial charge in [0.25, 0.3) is 0 Å². The number of likely N-dealkylation sites (N-methyl/N-ethyl adjacent to an activating group) is 1. The lowest BCUT2D eigenvalue weighted by atomic mass is 10.2. The summed E-state index contributed by atoms with van der Waals surface area (Å²) in [4.78, 5) is 24.5. The van der Waals surface area contributed by atoms with E-state index < -0.39 is 11.9 Å². The minimum Gasteiger partial charge on any atom is -0.466 e. The molecule has 1 rings (SSSR count). The predicted octanol–water partition coefficient (Wildman–Crippen LogP) is 2.12. The van der Waals surface area contributed by atoms with Gasteiger partial charge in [0.05, 0.1) is 20.3 Å². The van der Waals surface area contributed by atoms with Crippen LogP contribution >= 0.6 is 15.9 Å². The van der Waals surface area contributed by atoms with Crippen molar-refractivity contribution < 1.29 is 19.1 Å². The molecule has 0 atom stereocenters. The monoisotopic (exact) mass is 327 g/mol. The molecule has 0 saturated heterocycles. The van der Waals surface area contributed by atoms with Crippen molar-refractivity contribution in [1.82, 2.24) is 0 Å². The van der Waals surface area contributed by atoms with Crippen LogP contribution < -0.4 is 4.90 Å². The number of rotatable bonds is 4. The Morgan fingerprint density at radius 1 is 1.16 bits per heavy atom. The maximum atomic E-state index is 11.7. The van der Waals surface area contributed by atoms with Crippen LogP contribution in [0.25, 0.3) is 0 Å². The fourth-order valence-corrected chi connectivity index (χ4v) is 1.64. The average molecular weight is 328 g/mol. The molecule has 0 fully saturated rings. The SMILES string of the molecule is COC(=O)/C=C(\C(=O)OC)N(C)c1ccc(Br)cc1. The Kier molecular flexibility index (Phi) is 5.57. The van der Waals surface area contributed by atoms with Gasteiger partial charge < -0.3 is 14.4 Å². The number of esters is 2. The topological polar surface area (TPSA) is 55.8 Å². The van der Waals surface area contributed by atoms with E-state index in [0.29, 0.717) is 0 Å². The quantitative estimate of drug-likeness (QED) is 0.626. The van der Waals surface area contributed by atoms with Gasteiger partial charge in [0, 0.05) is 17.2 Å². The van der Waals surface area contributed by atoms with E-state index in [1.807, 2.05) is 12.1 Å². The zero-order valence-electron chi connectivity index (χ0n) is 10.8. The molecular weight excluding hydrogens is 314 g/mol. The van der Waals surface area contributed by atoms with Crippen LogP contribution in [0.2, 0.25) is 0 Å². The molecule has 0 N–H and O–H groups in total. The van der Waals surface area contributed by atoms with Crippen LogP contribution in [0.5, 0.6) is 0 Å². The average Bonchev–Trinajstić information content (AvgIpc) is 2.43. The highest BCUT2D eigenvalue weighted by Crippen LogP contribution is 2.21. The first-order chi connectivity index (χ1) is 8.99. The minimum absolute atomic E-state index is 0.0941. The molecule has 0 aliphatic heterocycles. The molecule has 0 aromatic heterocycles. The van der Waals surface area contributed by atoms with Gasteiger partial charge >= 0.3 is 11.9 Å². The molecule has 0 aliphatic rings. The molecule has 0 saturated carbocycles. The Labute approximate surface area is 119 Å². The van der Waals surface area contributed by atoms with Gasteiger partial charge in [-0.3, -0.25) is 0 Å². The molecule has 0 aliphatic carbocycles. The van der Waals surface area contributed by atoms with Crippen molar-refractivity contribution in [2.45, 2.75) is 0 Å². The predicted molar refractivity (Wildman–Crippen MR) is 74.7 cm³/mol. The van der Waals surface area contributed by atoms with Crippen molar-refractivity contribution in [3.63, 3.8) is 0 Å². The van der Waals surface area contributed by atoms with Crippen molar-refractivity contribution in [2.75, 3.05) is 26.2 Å². The van der Waals surface area contributed by atoms with E-state index in [2.05, 4.69) is 25.4 Å². The van der Waals surface area contributed by atoms with Crippen molar-refractivity contribution in [3.05, 3.63) is 40.5 Å². The lowest BCUT2D eigenvalue weighted by molar-refractivity contribution is -0.138. The smallest absolute Gasteiger partial charge is 0.354 e. The number of carbonyl (C=O) groups is 2. The highest BCUT2D eigenvalue weighted by Gasteiger charge is 2.18. The zero-order chi connectivity index (χ0) is 14.4. The Bertz CT molecular complexity index is 496. The second-order valence-electron chi connectivity index (χ2n) is 3.58. The summed E-state index contributed by atoms with van der Waals surface area (Å²) in [5.41, 5.74) is 0.834. The number of methoxy groups -OCH3 is 2. The maximum Gasteiger partial charge on any atom is 0.354 e. The van der Waals surface area contributed by atoms with Crippen molar-refractivity contribution in [2.24, 2.45) is 0 Å². The Morgan fingerprint density at radius 2 is 1.74 bits per heavy atom. The molecule has 0 amide bonds. The Hall–Kier alpha value is -1.82. The van der Waals surface area contributed by atoms with Crippen molar-refractivity contribution in [1.29, 1.82) is 0 Å². The molecule has 6 heteroatoms. The number of carbonyl (C=O) groups excluding carboxylic acids is 2. The van der Waals surface area contributed by atoms with E-state index in [-0.39, 0.29) is 5.70 Å². The third-order valence-electron chi connectivity index (χ3n) is 2.43. The van der Waals surface area contributed by atoms with E-state index in [0.717, 1.165) is 16.2 Å². The number of benzene rings is 1. The molecule has 1 aromatic rings. The summed E-state index contributed by atoms with van der Waals surface area (Å²) in [5, 5.41) is 0. The Morgan fingerprint density at radius 3 is 2.21 bits per heavy atom. The van der Waals surface area contributed by atoms with Crippen LogP contribution in [0.1, 0.15) is 0 Å². The number of hydrogen-bond donors (Lipinski definition) is 0. The van der Waals surface area contributed by atoms with Crippen molar-refractivity contribution in [3.8, 4) is 0 Å². The van der Waals surface area contributed by atoms with Crippen LogP contribution in [0.4, 0.5) is 5.69 Å². The maximum absolute atomic E-state index is 11.7. The van der Waals surface area contributed by atoms with Gasteiger partial charge in [-0.05, 0) is 24.3 Å². The summed E-state index contributed by atoms with van der Waals surface area (Å²) in [5.74, 6) is -1.24. The minimum atomic E-state index is -0.621. The summed E-state index contributed by atoms with van der Waals surface area (Å²) < 4.78 is 10.1. The highest BCUT2D eigenvalue weighted by molar-refractivity contribution is 9.10. The first kappa shape index (κ1) is 15.2. The van der Waals surface area contributed by atoms with Crippen LogP contribution in [0.15, 0.2) is 40.5 Å². The van der Waals surface area contributed by atoms with Gasteiger partial charge in [0.1, 0.15) is 5.70 Å². The van der Waals surface area contributed by atoms with Crippen LogP contribution in [-0.4, -0.2) is 33.2 Å². The fraction of sp³-hybridized carbons (Fsp3) is 0.231. The standard InChI is InChI=1S/C13H14BrNO4/c1-15(10-6-4-9(14)5-7-10)11(13(17)19-3)8-12(16)18-2/h4-8H,1-3H3/b11-8+. The summed E-state index contributed by atoms with van der Waals surface area (Å²) >= 11 is 3.33. The molecule has 5 nitrogen and oxygen atoms in total. The van der Waals surface area contributed by atoms with Crippen molar-refractivity contribution >= 4 is 33.6 Å². The van der Waals surface area contributed by atoms with Crippen LogP contribution in [0, 0.1) is 0 Å². The number of ether oxygens (including phenoxy) is 2. The molecule has 0 heterocycles. The fourth-order valence-electron chi connectivity index (χ4n) is 1.37. The lowest BCUT2D eigenvalue weighted by Gasteiger charge is -2.20. The Balaban J connectivity index is 3.10. The second kappa shape index (κ2) is 6.94. The van der Waals surface area contributed by atoms with E-state index in [9.17, 15) is 9.59 Å². The molecule has 0 bridgehead atoms. The molecular formula is C13H14BrNO4. The van der Waals surface area contributed by atoms with Crippen LogP contribution in [0.3, 0.4) is 0 Å². The summed E-state index contributed by atoms with van der Waals surface area (Å²) in [6, 6.07) is 7.27. The van der Waals surface area contributed by atoms with E-state index in [1.54, 1.807) is 24.1 Å². The van der Waals surface area contributed by atoms with Gasteiger partial charge in [-0.1, -0.05) is 15.9 Å². The first-order valence-corrected chi connectivity index (χ1v) is 6.16. The number of hydrogen-bond acceptors (Lipinski definition) is 5. The van der Waals surface area contributed by atoms with Gasteiger partial charge in [-0.15, -0.1) is 0 Å². The molecule has 102 valence electrons. The molecule has 1 aromatic carbocycles. The lowest BCUT2D eigenvalue weighted by Crippen LogP contribution is -2.25. The van der Waals surface area contributed by atoms with Gasteiger partial charge in [-0.2, -0.15) is 0 Å². The van der Waals surface area contributed by atoms with Gasteiger partial charge in [0.15, 0.2) is 0 Å². The zero-order valence-corrected chi connectivity index (χ0v) is 12.4. The van der Waals surface area contributed by atoms with E-state index in [1.165, 1.54) is 14.2 Å². The molecule has 0 unspecified atom stereocenters. The summed E-state index contributed by atoms with van der Waals surface area (Å²) in [6.45, 7) is 0. The third kappa shape index (κ3) is 4.10. The highest BCUT2D eigenvalue weighted by atomic mass is 79.9. The number of nitrogens with zero attached hydrogens (tertiary/aromatic N) is 1. The second-order valence-corrected chi connectivity index (χ2v) is 4.50. The van der Waals surface area contributed by atoms with E-state index in [4.69, 9.17) is 0 Å². The third-order valence-corrected chi connectivity index (χ3v) is 2.95.